The third-order valence-electron chi connectivity index (χ3n) is 4.46. The van der Waals surface area contributed by atoms with Gasteiger partial charge in [0.25, 0.3) is 5.91 Å². The highest BCUT2D eigenvalue weighted by Crippen LogP contribution is 2.29. The molecule has 0 saturated heterocycles. The predicted molar refractivity (Wildman–Crippen MR) is 93.8 cm³/mol. The lowest BCUT2D eigenvalue weighted by molar-refractivity contribution is 0.0908. The number of hydrogen-bond donors (Lipinski definition) is 1. The lowest BCUT2D eigenvalue weighted by atomic mass is 9.94. The zero-order valence-electron chi connectivity index (χ0n) is 14.2. The van der Waals surface area contributed by atoms with Crippen molar-refractivity contribution in [1.82, 2.24) is 10.2 Å². The van der Waals surface area contributed by atoms with Crippen LogP contribution in [0.25, 0.3) is 0 Å². The van der Waals surface area contributed by atoms with Gasteiger partial charge in [-0.25, -0.2) is 0 Å². The Balaban J connectivity index is 1.75. The van der Waals surface area contributed by atoms with Crippen LogP contribution in [0.5, 0.6) is 0 Å². The summed E-state index contributed by atoms with van der Waals surface area (Å²) in [6.45, 7) is 2.29. The summed E-state index contributed by atoms with van der Waals surface area (Å²) < 4.78 is 5.71. The number of carbonyl (C=O) groups excluding carboxylic acids is 2. The molecule has 0 bridgehead atoms. The van der Waals surface area contributed by atoms with E-state index in [1.807, 2.05) is 25.5 Å². The SMILES string of the molecule is Cc1c(C(=O)NCC(c2cccs2)N(C)C)oc2c1C(=O)CCC2. The zero-order chi connectivity index (χ0) is 17.3. The predicted octanol–water partition coefficient (Wildman–Crippen LogP) is 3.20. The van der Waals surface area contributed by atoms with E-state index in [1.165, 1.54) is 4.88 Å². The van der Waals surface area contributed by atoms with Crippen molar-refractivity contribution in [3.8, 4) is 0 Å². The number of nitrogens with one attached hydrogen (secondary N) is 1. The number of rotatable bonds is 5. The normalized spacial score (nSPS) is 15.4. The summed E-state index contributed by atoms with van der Waals surface area (Å²) in [5.41, 5.74) is 1.29. The fourth-order valence-electron chi connectivity index (χ4n) is 3.15. The largest absolute Gasteiger partial charge is 0.455 e. The number of nitrogens with zero attached hydrogens (tertiary/aromatic N) is 1. The van der Waals surface area contributed by atoms with Crippen LogP contribution in [-0.2, 0) is 6.42 Å². The second kappa shape index (κ2) is 6.91. The Kier molecular flexibility index (Phi) is 4.87. The molecule has 128 valence electrons. The van der Waals surface area contributed by atoms with Gasteiger partial charge in [-0.05, 0) is 38.9 Å². The van der Waals surface area contributed by atoms with Crippen molar-refractivity contribution in [1.29, 1.82) is 0 Å². The minimum atomic E-state index is -0.252. The molecule has 2 heterocycles. The number of thiophene rings is 1. The van der Waals surface area contributed by atoms with Crippen LogP contribution in [0.15, 0.2) is 21.9 Å². The van der Waals surface area contributed by atoms with Gasteiger partial charge in [-0.1, -0.05) is 6.07 Å². The first-order chi connectivity index (χ1) is 11.5. The number of ketones is 1. The fourth-order valence-corrected chi connectivity index (χ4v) is 4.08. The van der Waals surface area contributed by atoms with Gasteiger partial charge in [-0.15, -0.1) is 11.3 Å². The zero-order valence-corrected chi connectivity index (χ0v) is 15.0. The van der Waals surface area contributed by atoms with Crippen molar-refractivity contribution < 1.29 is 14.0 Å². The van der Waals surface area contributed by atoms with E-state index in [0.29, 0.717) is 29.9 Å². The standard InChI is InChI=1S/C18H22N2O3S/c1-11-16-13(21)6-4-7-14(16)23-17(11)18(22)19-10-12(20(2)3)15-8-5-9-24-15/h5,8-9,12H,4,6-7,10H2,1-3H3,(H,19,22). The summed E-state index contributed by atoms with van der Waals surface area (Å²) in [7, 11) is 3.98. The molecule has 24 heavy (non-hydrogen) atoms. The van der Waals surface area contributed by atoms with Gasteiger partial charge in [0.15, 0.2) is 11.5 Å². The van der Waals surface area contributed by atoms with E-state index in [-0.39, 0.29) is 23.5 Å². The number of fused-ring (bicyclic) bond motifs is 1. The van der Waals surface area contributed by atoms with Gasteiger partial charge in [0.05, 0.1) is 11.6 Å². The van der Waals surface area contributed by atoms with Gasteiger partial charge < -0.3 is 14.6 Å². The third-order valence-corrected chi connectivity index (χ3v) is 5.44. The van der Waals surface area contributed by atoms with Crippen LogP contribution in [0.4, 0.5) is 0 Å². The first-order valence-corrected chi connectivity index (χ1v) is 9.00. The smallest absolute Gasteiger partial charge is 0.287 e. The van der Waals surface area contributed by atoms with Crippen LogP contribution in [0.3, 0.4) is 0 Å². The van der Waals surface area contributed by atoms with E-state index in [1.54, 1.807) is 18.3 Å². The highest BCUT2D eigenvalue weighted by Gasteiger charge is 2.29. The molecule has 2 aromatic rings. The van der Waals surface area contributed by atoms with E-state index in [9.17, 15) is 9.59 Å². The lowest BCUT2D eigenvalue weighted by Crippen LogP contribution is -2.34. The maximum atomic E-state index is 12.6. The van der Waals surface area contributed by atoms with Crippen molar-refractivity contribution in [2.24, 2.45) is 0 Å². The molecule has 2 aromatic heterocycles. The average Bonchev–Trinajstić information content (AvgIpc) is 3.16. The third kappa shape index (κ3) is 3.16. The second-order valence-electron chi connectivity index (χ2n) is 6.34. The molecule has 0 aromatic carbocycles. The monoisotopic (exact) mass is 346 g/mol. The summed E-state index contributed by atoms with van der Waals surface area (Å²) in [5.74, 6) is 0.773. The molecule has 0 spiro atoms. The maximum absolute atomic E-state index is 12.6. The summed E-state index contributed by atoms with van der Waals surface area (Å²) in [6.07, 6.45) is 2.06. The van der Waals surface area contributed by atoms with Gasteiger partial charge in [0, 0.05) is 29.8 Å². The molecule has 6 heteroatoms. The van der Waals surface area contributed by atoms with E-state index in [0.717, 1.165) is 12.8 Å². The van der Waals surface area contributed by atoms with Crippen molar-refractivity contribution in [2.75, 3.05) is 20.6 Å². The van der Waals surface area contributed by atoms with E-state index in [4.69, 9.17) is 4.42 Å². The Hall–Kier alpha value is -1.92. The highest BCUT2D eigenvalue weighted by molar-refractivity contribution is 7.10. The number of aryl methyl sites for hydroxylation is 1. The van der Waals surface area contributed by atoms with Crippen molar-refractivity contribution >= 4 is 23.0 Å². The van der Waals surface area contributed by atoms with Crippen molar-refractivity contribution in [2.45, 2.75) is 32.2 Å². The van der Waals surface area contributed by atoms with Crippen LogP contribution in [0, 0.1) is 6.92 Å². The first kappa shape index (κ1) is 16.9. The molecular formula is C18H22N2O3S. The number of likely N-dealkylation sites (N-methyl/N-ethyl adjacent to an activating group) is 1. The first-order valence-electron chi connectivity index (χ1n) is 8.12. The number of amides is 1. The Morgan fingerprint density at radius 2 is 2.21 bits per heavy atom. The molecule has 0 aliphatic heterocycles. The van der Waals surface area contributed by atoms with Crippen LogP contribution in [-0.4, -0.2) is 37.2 Å². The molecule has 1 aliphatic carbocycles. The quantitative estimate of drug-likeness (QED) is 0.903. The van der Waals surface area contributed by atoms with Gasteiger partial charge >= 0.3 is 0 Å². The Morgan fingerprint density at radius 1 is 1.42 bits per heavy atom. The fraction of sp³-hybridized carbons (Fsp3) is 0.444. The minimum Gasteiger partial charge on any atom is -0.455 e. The van der Waals surface area contributed by atoms with Crippen LogP contribution < -0.4 is 5.32 Å². The molecule has 5 nitrogen and oxygen atoms in total. The molecular weight excluding hydrogens is 324 g/mol. The highest BCUT2D eigenvalue weighted by atomic mass is 32.1. The molecule has 1 N–H and O–H groups in total. The van der Waals surface area contributed by atoms with Crippen LogP contribution >= 0.6 is 11.3 Å². The van der Waals surface area contributed by atoms with E-state index < -0.39 is 0 Å². The molecule has 1 unspecified atom stereocenters. The topological polar surface area (TPSA) is 62.6 Å². The average molecular weight is 346 g/mol. The molecule has 0 saturated carbocycles. The summed E-state index contributed by atoms with van der Waals surface area (Å²) in [4.78, 5) is 27.9. The Labute approximate surface area is 145 Å². The van der Waals surface area contributed by atoms with Gasteiger partial charge in [0.1, 0.15) is 5.76 Å². The maximum Gasteiger partial charge on any atom is 0.287 e. The Morgan fingerprint density at radius 3 is 2.83 bits per heavy atom. The van der Waals surface area contributed by atoms with Crippen molar-refractivity contribution in [3.05, 3.63) is 45.0 Å². The summed E-state index contributed by atoms with van der Waals surface area (Å²) in [6, 6.07) is 4.19. The molecule has 3 rings (SSSR count). The molecule has 1 atom stereocenters. The summed E-state index contributed by atoms with van der Waals surface area (Å²) in [5, 5.41) is 4.99. The van der Waals surface area contributed by atoms with Gasteiger partial charge in [0.2, 0.25) is 0 Å². The second-order valence-corrected chi connectivity index (χ2v) is 7.32. The van der Waals surface area contributed by atoms with Gasteiger partial charge in [-0.2, -0.15) is 0 Å². The van der Waals surface area contributed by atoms with Crippen molar-refractivity contribution in [3.63, 3.8) is 0 Å². The van der Waals surface area contributed by atoms with Gasteiger partial charge in [-0.3, -0.25) is 9.59 Å². The molecule has 1 aliphatic rings. The number of hydrogen-bond acceptors (Lipinski definition) is 5. The van der Waals surface area contributed by atoms with Crippen LogP contribution in [0.2, 0.25) is 0 Å². The molecule has 0 radical (unpaired) electrons. The molecule has 1 amide bonds. The minimum absolute atomic E-state index is 0.0845. The number of Topliss-reactive ketones (excluding diaryl/α,β-unsaturated/α-hetero) is 1. The number of carbonyl (C=O) groups is 2. The Bertz CT molecular complexity index is 747. The number of furan rings is 1. The van der Waals surface area contributed by atoms with Crippen LogP contribution in [0.1, 0.15) is 56.0 Å². The summed E-state index contributed by atoms with van der Waals surface area (Å²) >= 11 is 1.67. The molecule has 0 fully saturated rings. The van der Waals surface area contributed by atoms with E-state index >= 15 is 0 Å². The lowest BCUT2D eigenvalue weighted by Gasteiger charge is -2.23. The van der Waals surface area contributed by atoms with E-state index in [2.05, 4.69) is 16.3 Å².